The molecular formula is C8H11NO2S. The van der Waals surface area contributed by atoms with E-state index in [0.717, 1.165) is 0 Å². The summed E-state index contributed by atoms with van der Waals surface area (Å²) in [4.78, 5) is 11.3. The molecule has 0 spiro atoms. The average molecular weight is 185 g/mol. The number of nitrogen functional groups attached to an aromatic ring is 1. The molecule has 2 N–H and O–H groups in total. The quantitative estimate of drug-likeness (QED) is 0.537. The van der Waals surface area contributed by atoms with Gasteiger partial charge in [0.1, 0.15) is 4.88 Å². The van der Waals surface area contributed by atoms with E-state index in [1.165, 1.54) is 18.4 Å². The number of hydrogen-bond acceptors (Lipinski definition) is 4. The monoisotopic (exact) mass is 185 g/mol. The Labute approximate surface area is 75.5 Å². The molecule has 66 valence electrons. The summed E-state index contributed by atoms with van der Waals surface area (Å²) in [5.74, 6) is -0.368. The normalized spacial score (nSPS) is 8.08. The van der Waals surface area contributed by atoms with E-state index in [0.29, 0.717) is 10.6 Å². The Morgan fingerprint density at radius 2 is 2.25 bits per heavy atom. The molecule has 0 saturated heterocycles. The molecule has 0 aliphatic carbocycles. The van der Waals surface area contributed by atoms with E-state index in [9.17, 15) is 4.79 Å². The predicted molar refractivity (Wildman–Crippen MR) is 51.3 cm³/mol. The van der Waals surface area contributed by atoms with Gasteiger partial charge in [-0.2, -0.15) is 0 Å². The van der Waals surface area contributed by atoms with Crippen LogP contribution in [0, 0.1) is 0 Å². The van der Waals surface area contributed by atoms with Crippen molar-refractivity contribution >= 4 is 23.0 Å². The van der Waals surface area contributed by atoms with Crippen molar-refractivity contribution in [1.29, 1.82) is 0 Å². The Kier molecular flexibility index (Phi) is 4.79. The van der Waals surface area contributed by atoms with Crippen LogP contribution in [0.2, 0.25) is 0 Å². The van der Waals surface area contributed by atoms with Gasteiger partial charge in [-0.3, -0.25) is 0 Å². The van der Waals surface area contributed by atoms with Gasteiger partial charge in [0.2, 0.25) is 0 Å². The van der Waals surface area contributed by atoms with Gasteiger partial charge < -0.3 is 10.5 Å². The van der Waals surface area contributed by atoms with E-state index < -0.39 is 0 Å². The standard InChI is InChI=1S/C6H7NO2S.C2H4/c1-9-6(8)5-4(7)2-3-10-5;1-2/h2-3H,7H2,1H3;1-2H2. The molecule has 1 aromatic heterocycles. The topological polar surface area (TPSA) is 52.3 Å². The highest BCUT2D eigenvalue weighted by Gasteiger charge is 2.09. The molecule has 0 radical (unpaired) electrons. The number of esters is 1. The van der Waals surface area contributed by atoms with Crippen LogP contribution in [0.25, 0.3) is 0 Å². The van der Waals surface area contributed by atoms with Crippen LogP contribution in [-0.4, -0.2) is 13.1 Å². The molecule has 0 unspecified atom stereocenters. The van der Waals surface area contributed by atoms with Crippen molar-refractivity contribution in [3.05, 3.63) is 29.5 Å². The van der Waals surface area contributed by atoms with Crippen LogP contribution < -0.4 is 5.73 Å². The first-order valence-electron chi connectivity index (χ1n) is 3.17. The summed E-state index contributed by atoms with van der Waals surface area (Å²) in [5, 5.41) is 1.75. The molecule has 0 aliphatic heterocycles. The Morgan fingerprint density at radius 1 is 1.67 bits per heavy atom. The summed E-state index contributed by atoms with van der Waals surface area (Å²) >= 11 is 1.28. The van der Waals surface area contributed by atoms with Crippen molar-refractivity contribution in [2.24, 2.45) is 0 Å². The molecule has 1 rings (SSSR count). The van der Waals surface area contributed by atoms with Gasteiger partial charge in [0.15, 0.2) is 0 Å². The maximum absolute atomic E-state index is 10.8. The lowest BCUT2D eigenvalue weighted by atomic mass is 10.4. The van der Waals surface area contributed by atoms with Crippen molar-refractivity contribution in [3.8, 4) is 0 Å². The third kappa shape index (κ3) is 2.39. The molecule has 0 atom stereocenters. The van der Waals surface area contributed by atoms with Crippen LogP contribution in [0.3, 0.4) is 0 Å². The van der Waals surface area contributed by atoms with Gasteiger partial charge in [-0.25, -0.2) is 4.79 Å². The zero-order valence-corrected chi connectivity index (χ0v) is 7.69. The number of hydrogen-bond donors (Lipinski definition) is 1. The van der Waals surface area contributed by atoms with Crippen molar-refractivity contribution in [1.82, 2.24) is 0 Å². The third-order valence-electron chi connectivity index (χ3n) is 1.07. The van der Waals surface area contributed by atoms with E-state index in [2.05, 4.69) is 17.9 Å². The van der Waals surface area contributed by atoms with Crippen LogP contribution in [0.15, 0.2) is 24.6 Å². The summed E-state index contributed by atoms with van der Waals surface area (Å²) in [6, 6.07) is 1.68. The van der Waals surface area contributed by atoms with E-state index in [1.807, 2.05) is 0 Å². The second-order valence-electron chi connectivity index (χ2n) is 1.70. The summed E-state index contributed by atoms with van der Waals surface area (Å²) in [7, 11) is 1.33. The minimum atomic E-state index is -0.368. The highest BCUT2D eigenvalue weighted by molar-refractivity contribution is 7.12. The van der Waals surface area contributed by atoms with Gasteiger partial charge >= 0.3 is 5.97 Å². The summed E-state index contributed by atoms with van der Waals surface area (Å²) < 4.78 is 4.47. The van der Waals surface area contributed by atoms with Gasteiger partial charge in [0.05, 0.1) is 12.8 Å². The lowest BCUT2D eigenvalue weighted by Gasteiger charge is -1.94. The first kappa shape index (κ1) is 10.7. The highest BCUT2D eigenvalue weighted by atomic mass is 32.1. The minimum absolute atomic E-state index is 0.368. The number of ether oxygens (including phenoxy) is 1. The predicted octanol–water partition coefficient (Wildman–Crippen LogP) is 1.92. The molecule has 1 aromatic rings. The van der Waals surface area contributed by atoms with Gasteiger partial charge in [-0.15, -0.1) is 24.5 Å². The molecule has 0 aliphatic rings. The van der Waals surface area contributed by atoms with Crippen molar-refractivity contribution in [3.63, 3.8) is 0 Å². The van der Waals surface area contributed by atoms with Gasteiger partial charge in [-0.05, 0) is 11.4 Å². The SMILES string of the molecule is C=C.COC(=O)c1sccc1N. The molecule has 0 saturated carbocycles. The van der Waals surface area contributed by atoms with Crippen molar-refractivity contribution in [2.75, 3.05) is 12.8 Å². The molecule has 0 aromatic carbocycles. The van der Waals surface area contributed by atoms with E-state index in [1.54, 1.807) is 11.4 Å². The first-order chi connectivity index (χ1) is 5.75. The molecule has 1 heterocycles. The van der Waals surface area contributed by atoms with Crippen LogP contribution in [0.1, 0.15) is 9.67 Å². The molecule has 4 heteroatoms. The summed E-state index contributed by atoms with van der Waals surface area (Å²) in [5.41, 5.74) is 5.91. The Balaban J connectivity index is 0.000000561. The summed E-state index contributed by atoms with van der Waals surface area (Å²) in [6.07, 6.45) is 0. The minimum Gasteiger partial charge on any atom is -0.465 e. The zero-order valence-electron chi connectivity index (χ0n) is 6.87. The number of anilines is 1. The van der Waals surface area contributed by atoms with Gasteiger partial charge in [0, 0.05) is 0 Å². The average Bonchev–Trinajstić information content (AvgIpc) is 2.54. The zero-order chi connectivity index (χ0) is 9.56. The number of nitrogens with two attached hydrogens (primary N) is 1. The Bertz CT molecular complexity index is 257. The highest BCUT2D eigenvalue weighted by Crippen LogP contribution is 2.18. The van der Waals surface area contributed by atoms with E-state index in [-0.39, 0.29) is 5.97 Å². The fraction of sp³-hybridized carbons (Fsp3) is 0.125. The number of carbonyl (C=O) groups excluding carboxylic acids is 1. The van der Waals surface area contributed by atoms with Gasteiger partial charge in [0.25, 0.3) is 0 Å². The van der Waals surface area contributed by atoms with Gasteiger partial charge in [-0.1, -0.05) is 0 Å². The molecule has 0 bridgehead atoms. The molecule has 12 heavy (non-hydrogen) atoms. The largest absolute Gasteiger partial charge is 0.465 e. The smallest absolute Gasteiger partial charge is 0.350 e. The molecular weight excluding hydrogens is 174 g/mol. The molecule has 0 amide bonds. The number of thiophene rings is 1. The number of rotatable bonds is 1. The summed E-state index contributed by atoms with van der Waals surface area (Å²) in [6.45, 7) is 6.00. The van der Waals surface area contributed by atoms with Crippen LogP contribution in [-0.2, 0) is 4.74 Å². The Morgan fingerprint density at radius 3 is 2.58 bits per heavy atom. The number of methoxy groups -OCH3 is 1. The van der Waals surface area contributed by atoms with Crippen LogP contribution >= 0.6 is 11.3 Å². The Hall–Kier alpha value is -1.29. The van der Waals surface area contributed by atoms with Crippen LogP contribution in [0.5, 0.6) is 0 Å². The van der Waals surface area contributed by atoms with E-state index in [4.69, 9.17) is 5.73 Å². The fourth-order valence-corrected chi connectivity index (χ4v) is 1.31. The molecule has 0 fully saturated rings. The van der Waals surface area contributed by atoms with Crippen LogP contribution in [0.4, 0.5) is 5.69 Å². The van der Waals surface area contributed by atoms with Crippen molar-refractivity contribution in [2.45, 2.75) is 0 Å². The number of carbonyl (C=O) groups is 1. The van der Waals surface area contributed by atoms with E-state index >= 15 is 0 Å². The fourth-order valence-electron chi connectivity index (χ4n) is 0.578. The lowest BCUT2D eigenvalue weighted by molar-refractivity contribution is 0.0607. The maximum Gasteiger partial charge on any atom is 0.350 e. The third-order valence-corrected chi connectivity index (χ3v) is 1.98. The second-order valence-corrected chi connectivity index (χ2v) is 2.61. The first-order valence-corrected chi connectivity index (χ1v) is 4.05. The second kappa shape index (κ2) is 5.37. The molecule has 3 nitrogen and oxygen atoms in total. The maximum atomic E-state index is 10.8. The lowest BCUT2D eigenvalue weighted by Crippen LogP contribution is -2.00. The van der Waals surface area contributed by atoms with Crippen molar-refractivity contribution < 1.29 is 9.53 Å².